The fourth-order valence-corrected chi connectivity index (χ4v) is 2.23. The Morgan fingerprint density at radius 1 is 1.25 bits per heavy atom. The van der Waals surface area contributed by atoms with Crippen molar-refractivity contribution in [1.29, 1.82) is 0 Å². The van der Waals surface area contributed by atoms with Crippen LogP contribution >= 0.6 is 0 Å². The molecule has 0 saturated heterocycles. The van der Waals surface area contributed by atoms with Gasteiger partial charge in [0, 0.05) is 17.6 Å². The highest BCUT2D eigenvalue weighted by atomic mass is 16.1. The lowest BCUT2D eigenvalue weighted by Gasteiger charge is -2.10. The van der Waals surface area contributed by atoms with Gasteiger partial charge in [-0.15, -0.1) is 0 Å². The van der Waals surface area contributed by atoms with E-state index in [0.717, 1.165) is 34.1 Å². The second-order valence-corrected chi connectivity index (χ2v) is 5.77. The number of nitrogens with zero attached hydrogens (tertiary/aromatic N) is 1. The Balaban J connectivity index is 2.32. The molecule has 0 bridgehead atoms. The smallest absolute Gasteiger partial charge is 0.252 e. The Morgan fingerprint density at radius 2 is 2.00 bits per heavy atom. The van der Waals surface area contributed by atoms with Crippen molar-refractivity contribution in [2.45, 2.75) is 34.1 Å². The van der Waals surface area contributed by atoms with E-state index in [1.54, 1.807) is 0 Å². The number of amides is 1. The van der Waals surface area contributed by atoms with E-state index in [2.05, 4.69) is 24.1 Å². The summed E-state index contributed by atoms with van der Waals surface area (Å²) in [5.74, 6) is 0.584. The van der Waals surface area contributed by atoms with E-state index in [0.29, 0.717) is 12.5 Å². The zero-order valence-electron chi connectivity index (χ0n) is 12.7. The van der Waals surface area contributed by atoms with Crippen molar-refractivity contribution in [3.8, 4) is 0 Å². The van der Waals surface area contributed by atoms with Crippen molar-refractivity contribution in [2.24, 2.45) is 5.92 Å². The average molecular weight is 270 g/mol. The van der Waals surface area contributed by atoms with E-state index < -0.39 is 0 Å². The van der Waals surface area contributed by atoms with Gasteiger partial charge < -0.3 is 5.32 Å². The molecule has 1 N–H and O–H groups in total. The van der Waals surface area contributed by atoms with Gasteiger partial charge >= 0.3 is 0 Å². The fourth-order valence-electron chi connectivity index (χ4n) is 2.23. The molecule has 0 aliphatic carbocycles. The molecule has 2 rings (SSSR count). The highest BCUT2D eigenvalue weighted by molar-refractivity contribution is 6.06. The molecule has 1 aromatic heterocycles. The first-order valence-corrected chi connectivity index (χ1v) is 7.13. The number of hydrogen-bond acceptors (Lipinski definition) is 2. The van der Waals surface area contributed by atoms with E-state index in [-0.39, 0.29) is 5.91 Å². The van der Waals surface area contributed by atoms with Crippen LogP contribution in [0.15, 0.2) is 24.3 Å². The van der Waals surface area contributed by atoms with Crippen molar-refractivity contribution in [3.05, 3.63) is 41.1 Å². The number of aromatic nitrogens is 1. The van der Waals surface area contributed by atoms with Gasteiger partial charge in [-0.25, -0.2) is 0 Å². The molecular weight excluding hydrogens is 248 g/mol. The lowest BCUT2D eigenvalue weighted by molar-refractivity contribution is 0.0953. The van der Waals surface area contributed by atoms with E-state index >= 15 is 0 Å². The Morgan fingerprint density at radius 3 is 2.70 bits per heavy atom. The summed E-state index contributed by atoms with van der Waals surface area (Å²) in [6, 6.07) is 7.89. The second-order valence-electron chi connectivity index (χ2n) is 5.77. The normalized spacial score (nSPS) is 11.1. The Kier molecular flexibility index (Phi) is 4.38. The standard InChI is InChI=1S/C17H22N2O/c1-11(2)7-8-18-17(20)15-10-13(4)19-16-6-5-12(3)9-14(15)16/h5-6,9-11H,7-8H2,1-4H3,(H,18,20). The number of carbonyl (C=O) groups is 1. The molecule has 1 heterocycles. The highest BCUT2D eigenvalue weighted by Gasteiger charge is 2.12. The topological polar surface area (TPSA) is 42.0 Å². The molecule has 20 heavy (non-hydrogen) atoms. The molecule has 0 spiro atoms. The van der Waals surface area contributed by atoms with Gasteiger partial charge in [0.2, 0.25) is 0 Å². The monoisotopic (exact) mass is 270 g/mol. The third-order valence-electron chi connectivity index (χ3n) is 3.34. The first kappa shape index (κ1) is 14.5. The summed E-state index contributed by atoms with van der Waals surface area (Å²) in [5, 5.41) is 3.93. The van der Waals surface area contributed by atoms with Crippen molar-refractivity contribution >= 4 is 16.8 Å². The lowest BCUT2D eigenvalue weighted by atomic mass is 10.0. The summed E-state index contributed by atoms with van der Waals surface area (Å²) in [4.78, 5) is 16.9. The van der Waals surface area contributed by atoms with Crippen LogP contribution in [0.1, 0.15) is 41.9 Å². The summed E-state index contributed by atoms with van der Waals surface area (Å²) in [6.45, 7) is 8.97. The Labute approximate surface area is 120 Å². The first-order valence-electron chi connectivity index (χ1n) is 7.13. The zero-order chi connectivity index (χ0) is 14.7. The maximum atomic E-state index is 12.4. The molecule has 3 nitrogen and oxygen atoms in total. The minimum Gasteiger partial charge on any atom is -0.352 e. The van der Waals surface area contributed by atoms with E-state index in [4.69, 9.17) is 0 Å². The largest absolute Gasteiger partial charge is 0.352 e. The molecule has 1 amide bonds. The van der Waals surface area contributed by atoms with Gasteiger partial charge in [-0.05, 0) is 44.4 Å². The zero-order valence-corrected chi connectivity index (χ0v) is 12.7. The molecule has 3 heteroatoms. The van der Waals surface area contributed by atoms with Gasteiger partial charge in [0.05, 0.1) is 11.1 Å². The third kappa shape index (κ3) is 3.35. The van der Waals surface area contributed by atoms with Gasteiger partial charge in [0.25, 0.3) is 5.91 Å². The Bertz CT molecular complexity index is 632. The van der Waals surface area contributed by atoms with Gasteiger partial charge in [-0.1, -0.05) is 25.5 Å². The number of pyridine rings is 1. The summed E-state index contributed by atoms with van der Waals surface area (Å²) in [7, 11) is 0. The number of rotatable bonds is 4. The molecule has 0 saturated carbocycles. The van der Waals surface area contributed by atoms with Crippen LogP contribution in [0.5, 0.6) is 0 Å². The van der Waals surface area contributed by atoms with Crippen molar-refractivity contribution in [1.82, 2.24) is 10.3 Å². The minimum absolute atomic E-state index is 0.00764. The highest BCUT2D eigenvalue weighted by Crippen LogP contribution is 2.20. The van der Waals surface area contributed by atoms with Crippen LogP contribution in [0, 0.1) is 19.8 Å². The molecule has 0 unspecified atom stereocenters. The lowest BCUT2D eigenvalue weighted by Crippen LogP contribution is -2.25. The molecule has 0 radical (unpaired) electrons. The molecular formula is C17H22N2O. The summed E-state index contributed by atoms with van der Waals surface area (Å²) in [5.41, 5.74) is 3.61. The molecule has 0 aliphatic rings. The van der Waals surface area contributed by atoms with Crippen molar-refractivity contribution < 1.29 is 4.79 Å². The molecule has 1 aromatic carbocycles. The molecule has 2 aromatic rings. The molecule has 0 fully saturated rings. The van der Waals surface area contributed by atoms with Crippen LogP contribution in [0.4, 0.5) is 0 Å². The number of hydrogen-bond donors (Lipinski definition) is 1. The summed E-state index contributed by atoms with van der Waals surface area (Å²) in [6.07, 6.45) is 0.993. The molecule has 0 aliphatic heterocycles. The fraction of sp³-hybridized carbons (Fsp3) is 0.412. The van der Waals surface area contributed by atoms with E-state index in [1.807, 2.05) is 38.1 Å². The number of fused-ring (bicyclic) bond motifs is 1. The maximum Gasteiger partial charge on any atom is 0.252 e. The van der Waals surface area contributed by atoms with Gasteiger partial charge in [-0.3, -0.25) is 9.78 Å². The van der Waals surface area contributed by atoms with Crippen LogP contribution in [0.2, 0.25) is 0 Å². The van der Waals surface area contributed by atoms with Crippen molar-refractivity contribution in [3.63, 3.8) is 0 Å². The second kappa shape index (κ2) is 6.04. The average Bonchev–Trinajstić information content (AvgIpc) is 2.37. The summed E-state index contributed by atoms with van der Waals surface area (Å²) < 4.78 is 0. The number of benzene rings is 1. The number of nitrogens with one attached hydrogen (secondary N) is 1. The van der Waals surface area contributed by atoms with Crippen LogP contribution in [-0.2, 0) is 0 Å². The van der Waals surface area contributed by atoms with Gasteiger partial charge in [-0.2, -0.15) is 0 Å². The van der Waals surface area contributed by atoms with Crippen LogP contribution in [-0.4, -0.2) is 17.4 Å². The van der Waals surface area contributed by atoms with Crippen LogP contribution in [0.3, 0.4) is 0 Å². The quantitative estimate of drug-likeness (QED) is 0.921. The third-order valence-corrected chi connectivity index (χ3v) is 3.34. The van der Waals surface area contributed by atoms with E-state index in [1.165, 1.54) is 0 Å². The SMILES string of the molecule is Cc1ccc2nc(C)cc(C(=O)NCCC(C)C)c2c1. The number of carbonyl (C=O) groups excluding carboxylic acids is 1. The number of aryl methyl sites for hydroxylation is 2. The molecule has 106 valence electrons. The minimum atomic E-state index is -0.00764. The van der Waals surface area contributed by atoms with Crippen LogP contribution < -0.4 is 5.32 Å². The summed E-state index contributed by atoms with van der Waals surface area (Å²) >= 11 is 0. The van der Waals surface area contributed by atoms with E-state index in [9.17, 15) is 4.79 Å². The van der Waals surface area contributed by atoms with Crippen molar-refractivity contribution in [2.75, 3.05) is 6.54 Å². The predicted octanol–water partition coefficient (Wildman–Crippen LogP) is 3.63. The predicted molar refractivity (Wildman–Crippen MR) is 83.0 cm³/mol. The maximum absolute atomic E-state index is 12.4. The molecule has 0 atom stereocenters. The first-order chi connectivity index (χ1) is 9.47. The van der Waals surface area contributed by atoms with Gasteiger partial charge in [0.15, 0.2) is 0 Å². The van der Waals surface area contributed by atoms with Crippen LogP contribution in [0.25, 0.3) is 10.9 Å². The Hall–Kier alpha value is -1.90. The van der Waals surface area contributed by atoms with Gasteiger partial charge in [0.1, 0.15) is 0 Å².